The number of aliphatic hydroxyl groups excluding tert-OH is 1. The van der Waals surface area contributed by atoms with Crippen LogP contribution in [0.3, 0.4) is 0 Å². The van der Waals surface area contributed by atoms with Gasteiger partial charge in [0.25, 0.3) is 0 Å². The largest absolute Gasteiger partial charge is 0.544 e. The molecule has 0 rings (SSSR count). The van der Waals surface area contributed by atoms with E-state index in [1.54, 1.807) is 0 Å². The second-order valence-electron chi connectivity index (χ2n) is 5.69. The second-order valence-corrected chi connectivity index (χ2v) is 5.69. The number of unbranched alkanes of at least 4 members (excludes halogenated alkanes) is 2. The van der Waals surface area contributed by atoms with Gasteiger partial charge in [-0.15, -0.1) is 0 Å². The number of aliphatic hydroxyl groups is 1. The van der Waals surface area contributed by atoms with E-state index in [1.165, 1.54) is 13.8 Å². The zero-order chi connectivity index (χ0) is 17.2. The molecule has 0 saturated heterocycles. The van der Waals surface area contributed by atoms with Gasteiger partial charge in [0.1, 0.15) is 12.6 Å². The van der Waals surface area contributed by atoms with Crippen LogP contribution in [0.4, 0.5) is 0 Å². The molecule has 6 nitrogen and oxygen atoms in total. The molecule has 22 heavy (non-hydrogen) atoms. The first kappa shape index (κ1) is 20.6. The molecule has 0 aliphatic heterocycles. The van der Waals surface area contributed by atoms with Crippen LogP contribution >= 0.6 is 0 Å². The molecule has 0 amide bonds. The lowest BCUT2D eigenvalue weighted by molar-refractivity contribution is -0.956. The highest BCUT2D eigenvalue weighted by atomic mass is 16.4. The quantitative estimate of drug-likeness (QED) is 0.311. The summed E-state index contributed by atoms with van der Waals surface area (Å²) in [6.07, 6.45) is 7.71. The summed E-state index contributed by atoms with van der Waals surface area (Å²) in [5, 5.41) is 29.9. The van der Waals surface area contributed by atoms with Gasteiger partial charge in [0.2, 0.25) is 0 Å². The third kappa shape index (κ3) is 5.77. The van der Waals surface area contributed by atoms with Crippen LogP contribution in [-0.2, 0) is 9.59 Å². The molecule has 3 unspecified atom stereocenters. The third-order valence-corrected chi connectivity index (χ3v) is 4.36. The van der Waals surface area contributed by atoms with E-state index in [4.69, 9.17) is 0 Å². The number of aliphatic carboxylic acids is 2. The normalized spacial score (nSPS) is 17.1. The molecular formula is C16H29NO5. The molecule has 0 aromatic carbocycles. The van der Waals surface area contributed by atoms with Crippen LogP contribution in [0, 0.1) is 0 Å². The number of carbonyl (C=O) groups is 2. The summed E-state index contributed by atoms with van der Waals surface area (Å²) in [6.45, 7) is 5.18. The van der Waals surface area contributed by atoms with Crippen LogP contribution in [0.1, 0.15) is 46.5 Å². The van der Waals surface area contributed by atoms with Gasteiger partial charge in [0.05, 0.1) is 19.1 Å². The number of hydrogen-bond donors (Lipinski definition) is 2. The van der Waals surface area contributed by atoms with Gasteiger partial charge < -0.3 is 24.6 Å². The fourth-order valence-electron chi connectivity index (χ4n) is 2.71. The Morgan fingerprint density at radius 3 is 2.18 bits per heavy atom. The molecule has 2 N–H and O–H groups in total. The molecule has 3 atom stereocenters. The van der Waals surface area contributed by atoms with Gasteiger partial charge in [-0.1, -0.05) is 31.9 Å². The minimum absolute atomic E-state index is 0.0748. The maximum absolute atomic E-state index is 11.4. The van der Waals surface area contributed by atoms with Crippen molar-refractivity contribution in [2.45, 2.75) is 58.5 Å². The maximum Gasteiger partial charge on any atom is 0.362 e. The van der Waals surface area contributed by atoms with E-state index in [-0.39, 0.29) is 17.6 Å². The fourth-order valence-corrected chi connectivity index (χ4v) is 2.71. The average molecular weight is 315 g/mol. The lowest BCUT2D eigenvalue weighted by Gasteiger charge is -2.46. The van der Waals surface area contributed by atoms with Crippen molar-refractivity contribution in [1.82, 2.24) is 0 Å². The third-order valence-electron chi connectivity index (χ3n) is 4.36. The van der Waals surface area contributed by atoms with Crippen LogP contribution in [0.25, 0.3) is 0 Å². The monoisotopic (exact) mass is 315 g/mol. The van der Waals surface area contributed by atoms with Crippen LogP contribution < -0.4 is 5.11 Å². The van der Waals surface area contributed by atoms with Crippen molar-refractivity contribution in [1.29, 1.82) is 0 Å². The molecule has 0 fully saturated rings. The van der Waals surface area contributed by atoms with Gasteiger partial charge in [-0.2, -0.15) is 0 Å². The van der Waals surface area contributed by atoms with E-state index >= 15 is 0 Å². The van der Waals surface area contributed by atoms with E-state index in [1.807, 2.05) is 12.2 Å². The smallest absolute Gasteiger partial charge is 0.362 e. The standard InChI is InChI=1S/C16H29NO5/c1-4-5-6-7-8-9-10-17(11-12-18,13(2)15(19)20)14(3)16(21)22/h7-8,13-14,18H,4-6,9-12H2,1-3H3,(H-,19,20,21,22)/b8-7+. The van der Waals surface area contributed by atoms with Gasteiger partial charge >= 0.3 is 5.97 Å². The Balaban J connectivity index is 5.15. The van der Waals surface area contributed by atoms with Crippen molar-refractivity contribution in [3.8, 4) is 0 Å². The number of allylic oxidation sites excluding steroid dienone is 1. The van der Waals surface area contributed by atoms with E-state index in [9.17, 15) is 24.9 Å². The lowest BCUT2D eigenvalue weighted by atomic mass is 10.1. The highest BCUT2D eigenvalue weighted by Gasteiger charge is 2.43. The van der Waals surface area contributed by atoms with E-state index in [0.717, 1.165) is 19.3 Å². The highest BCUT2D eigenvalue weighted by Crippen LogP contribution is 2.21. The molecule has 0 aromatic rings. The van der Waals surface area contributed by atoms with Gasteiger partial charge in [-0.05, 0) is 20.3 Å². The minimum atomic E-state index is -1.29. The molecule has 0 aliphatic rings. The topological polar surface area (TPSA) is 97.7 Å². The Bertz CT molecular complexity index is 361. The highest BCUT2D eigenvalue weighted by molar-refractivity contribution is 5.73. The van der Waals surface area contributed by atoms with Gasteiger partial charge in [-0.3, -0.25) is 0 Å². The SMILES string of the molecule is CCCC/C=C/CC[N+](CCO)(C(C)C(=O)[O-])C(C)C(=O)O. The van der Waals surface area contributed by atoms with Crippen LogP contribution in [0.15, 0.2) is 12.2 Å². The Morgan fingerprint density at radius 2 is 1.73 bits per heavy atom. The predicted octanol–water partition coefficient (Wildman–Crippen LogP) is 0.544. The molecule has 0 spiro atoms. The van der Waals surface area contributed by atoms with Gasteiger partial charge in [-0.25, -0.2) is 4.79 Å². The number of carbonyl (C=O) groups excluding carboxylic acids is 1. The summed E-state index contributed by atoms with van der Waals surface area (Å²) in [7, 11) is 0. The molecule has 0 bridgehead atoms. The predicted molar refractivity (Wildman–Crippen MR) is 81.9 cm³/mol. The van der Waals surface area contributed by atoms with Crippen molar-refractivity contribution in [3.05, 3.63) is 12.2 Å². The molecule has 128 valence electrons. The molecular weight excluding hydrogens is 286 g/mol. The average Bonchev–Trinajstić information content (AvgIpc) is 2.47. The summed E-state index contributed by atoms with van der Waals surface area (Å²) in [5.74, 6) is -2.37. The first-order valence-corrected chi connectivity index (χ1v) is 7.89. The number of carboxylic acids is 2. The van der Waals surface area contributed by atoms with Crippen LogP contribution in [0.5, 0.6) is 0 Å². The number of nitrogens with zero attached hydrogens (tertiary/aromatic N) is 1. The molecule has 0 radical (unpaired) electrons. The first-order valence-electron chi connectivity index (χ1n) is 7.89. The van der Waals surface area contributed by atoms with Crippen molar-refractivity contribution >= 4 is 11.9 Å². The first-order chi connectivity index (χ1) is 10.3. The van der Waals surface area contributed by atoms with Crippen molar-refractivity contribution in [3.63, 3.8) is 0 Å². The molecule has 0 heterocycles. The summed E-state index contributed by atoms with van der Waals surface area (Å²) in [4.78, 5) is 22.7. The van der Waals surface area contributed by atoms with Crippen molar-refractivity contribution in [2.75, 3.05) is 19.7 Å². The minimum Gasteiger partial charge on any atom is -0.544 e. The number of hydrogen-bond acceptors (Lipinski definition) is 4. The number of quaternary nitrogens is 1. The summed E-state index contributed by atoms with van der Waals surface area (Å²) >= 11 is 0. The fraction of sp³-hybridized carbons (Fsp3) is 0.750. The second kappa shape index (κ2) is 10.3. The Hall–Kier alpha value is -1.40. The molecule has 0 aliphatic carbocycles. The maximum atomic E-state index is 11.4. The Labute approximate surface area is 132 Å². The van der Waals surface area contributed by atoms with Crippen LogP contribution in [0.2, 0.25) is 0 Å². The van der Waals surface area contributed by atoms with E-state index in [0.29, 0.717) is 13.0 Å². The zero-order valence-electron chi connectivity index (χ0n) is 13.8. The molecule has 0 aromatic heterocycles. The zero-order valence-corrected chi connectivity index (χ0v) is 13.8. The van der Waals surface area contributed by atoms with Crippen molar-refractivity contribution < 1.29 is 29.4 Å². The summed E-state index contributed by atoms with van der Waals surface area (Å²) in [6, 6.07) is -1.92. The van der Waals surface area contributed by atoms with E-state index in [2.05, 4.69) is 6.92 Å². The van der Waals surface area contributed by atoms with Gasteiger partial charge in [0, 0.05) is 6.42 Å². The Kier molecular flexibility index (Phi) is 9.69. The lowest BCUT2D eigenvalue weighted by Crippen LogP contribution is -2.67. The summed E-state index contributed by atoms with van der Waals surface area (Å²) < 4.78 is -0.216. The number of rotatable bonds is 12. The number of carboxylic acid groups (broad SMARTS) is 2. The van der Waals surface area contributed by atoms with Crippen LogP contribution in [-0.4, -0.2) is 58.4 Å². The Morgan fingerprint density at radius 1 is 1.14 bits per heavy atom. The van der Waals surface area contributed by atoms with E-state index < -0.39 is 24.0 Å². The molecule has 0 saturated carbocycles. The summed E-state index contributed by atoms with van der Waals surface area (Å²) in [5.41, 5.74) is 0. The van der Waals surface area contributed by atoms with Gasteiger partial charge in [0.15, 0.2) is 6.04 Å². The molecule has 6 heteroatoms. The van der Waals surface area contributed by atoms with Crippen molar-refractivity contribution in [2.24, 2.45) is 0 Å².